The van der Waals surface area contributed by atoms with Gasteiger partial charge in [0.05, 0.1) is 22.8 Å². The Kier molecular flexibility index (Phi) is 8.95. The van der Waals surface area contributed by atoms with Gasteiger partial charge in [0.25, 0.3) is 0 Å². The normalized spacial score (nSPS) is 18.3. The number of nitrogens with one attached hydrogen (secondary N) is 1. The zero-order valence-electron chi connectivity index (χ0n) is 22.0. The minimum Gasteiger partial charge on any atom is -0.369 e. The molecule has 0 spiro atoms. The van der Waals surface area contributed by atoms with Gasteiger partial charge >= 0.3 is 12.4 Å². The first-order valence-corrected chi connectivity index (χ1v) is 13.2. The van der Waals surface area contributed by atoms with Crippen LogP contribution in [-0.2, 0) is 17.1 Å². The van der Waals surface area contributed by atoms with Gasteiger partial charge in [-0.25, -0.2) is 0 Å². The van der Waals surface area contributed by atoms with E-state index in [1.54, 1.807) is 13.0 Å². The molecule has 12 heteroatoms. The Bertz CT molecular complexity index is 1210. The molecule has 40 heavy (non-hydrogen) atoms. The first kappa shape index (κ1) is 29.7. The zero-order valence-corrected chi connectivity index (χ0v) is 22.0. The summed E-state index contributed by atoms with van der Waals surface area (Å²) in [5.74, 6) is -0.799. The first-order valence-electron chi connectivity index (χ1n) is 13.2. The van der Waals surface area contributed by atoms with Crippen LogP contribution in [0.25, 0.3) is 0 Å². The molecule has 0 radical (unpaired) electrons. The average molecular weight is 568 g/mol. The quantitative estimate of drug-likeness (QED) is 0.490. The van der Waals surface area contributed by atoms with Crippen molar-refractivity contribution in [2.24, 2.45) is 5.92 Å². The van der Waals surface area contributed by atoms with E-state index in [4.69, 9.17) is 0 Å². The molecule has 0 aliphatic carbocycles. The van der Waals surface area contributed by atoms with E-state index in [0.29, 0.717) is 64.3 Å². The maximum absolute atomic E-state index is 13.8. The summed E-state index contributed by atoms with van der Waals surface area (Å²) in [6.07, 6.45) is -7.95. The first-order chi connectivity index (χ1) is 18.9. The van der Waals surface area contributed by atoms with Crippen LogP contribution in [0.15, 0.2) is 42.5 Å². The largest absolute Gasteiger partial charge is 0.417 e. The molecule has 2 aromatic carbocycles. The minimum atomic E-state index is -4.73. The monoisotopic (exact) mass is 567 g/mol. The summed E-state index contributed by atoms with van der Waals surface area (Å²) in [5.41, 5.74) is -1.44. The second kappa shape index (κ2) is 12.1. The molecule has 2 fully saturated rings. The number of alkyl halides is 6. The smallest absolute Gasteiger partial charge is 0.369 e. The Balaban J connectivity index is 1.45. The van der Waals surface area contributed by atoms with E-state index in [2.05, 4.69) is 10.2 Å². The number of rotatable bonds is 6. The summed E-state index contributed by atoms with van der Waals surface area (Å²) in [7, 11) is 0. The highest BCUT2D eigenvalue weighted by atomic mass is 19.4. The molecule has 0 bridgehead atoms. The Labute approximate surface area is 229 Å². The van der Waals surface area contributed by atoms with Gasteiger partial charge in [-0.3, -0.25) is 9.69 Å². The topological polar surface area (TPSA) is 62.6 Å². The molecular formula is C28H31F6N5O. The molecule has 2 saturated heterocycles. The fourth-order valence-electron chi connectivity index (χ4n) is 5.35. The van der Waals surface area contributed by atoms with Gasteiger partial charge in [0.2, 0.25) is 5.91 Å². The number of nitrogens with zero attached hydrogens (tertiary/aromatic N) is 4. The van der Waals surface area contributed by atoms with E-state index < -0.39 is 35.0 Å². The Morgan fingerprint density at radius 2 is 1.62 bits per heavy atom. The fraction of sp³-hybridized carbons (Fsp3) is 0.500. The molecule has 1 unspecified atom stereocenters. The van der Waals surface area contributed by atoms with Gasteiger partial charge in [-0.15, -0.1) is 0 Å². The maximum Gasteiger partial charge on any atom is 0.417 e. The number of nitriles is 1. The summed E-state index contributed by atoms with van der Waals surface area (Å²) in [5, 5.41) is 12.4. The van der Waals surface area contributed by atoms with Gasteiger partial charge in [0.1, 0.15) is 0 Å². The van der Waals surface area contributed by atoms with E-state index in [1.807, 2.05) is 4.90 Å². The van der Waals surface area contributed by atoms with Crippen LogP contribution in [0.3, 0.4) is 0 Å². The van der Waals surface area contributed by atoms with Crippen molar-refractivity contribution in [3.63, 3.8) is 0 Å². The third-order valence-electron chi connectivity index (χ3n) is 7.50. The lowest BCUT2D eigenvalue weighted by molar-refractivity contribution is -0.138. The number of benzene rings is 2. The highest BCUT2D eigenvalue weighted by Crippen LogP contribution is 2.36. The Morgan fingerprint density at radius 3 is 2.17 bits per heavy atom. The van der Waals surface area contributed by atoms with E-state index in [1.165, 1.54) is 23.1 Å². The van der Waals surface area contributed by atoms with Crippen molar-refractivity contribution in [3.8, 4) is 6.07 Å². The van der Waals surface area contributed by atoms with Crippen LogP contribution in [-0.4, -0.2) is 62.7 Å². The van der Waals surface area contributed by atoms with Gasteiger partial charge < -0.3 is 15.1 Å². The molecule has 4 rings (SSSR count). The maximum atomic E-state index is 13.8. The van der Waals surface area contributed by atoms with Gasteiger partial charge in [-0.1, -0.05) is 6.92 Å². The number of piperazine rings is 1. The van der Waals surface area contributed by atoms with Crippen molar-refractivity contribution in [1.82, 2.24) is 10.2 Å². The summed E-state index contributed by atoms with van der Waals surface area (Å²) < 4.78 is 79.7. The predicted octanol–water partition coefficient (Wildman–Crippen LogP) is 5.14. The van der Waals surface area contributed by atoms with Crippen LogP contribution in [0.5, 0.6) is 0 Å². The zero-order chi connectivity index (χ0) is 29.1. The van der Waals surface area contributed by atoms with Gasteiger partial charge in [0.15, 0.2) is 0 Å². The van der Waals surface area contributed by atoms with Crippen LogP contribution in [0.2, 0.25) is 0 Å². The SMILES string of the molecule is CC(CN1CCN(c2ccc(C(F)(F)F)cc2)CC1)C(=O)N(c1ccc(C#N)c(C(F)(F)F)c1)C1CCNCC1. The summed E-state index contributed by atoms with van der Waals surface area (Å²) >= 11 is 0. The lowest BCUT2D eigenvalue weighted by Crippen LogP contribution is -2.52. The van der Waals surface area contributed by atoms with Gasteiger partial charge in [-0.05, 0) is 68.4 Å². The number of carbonyl (C=O) groups is 1. The van der Waals surface area contributed by atoms with Gasteiger partial charge in [0, 0.05) is 56.1 Å². The highest BCUT2D eigenvalue weighted by Gasteiger charge is 2.37. The van der Waals surface area contributed by atoms with Gasteiger partial charge in [-0.2, -0.15) is 31.6 Å². The molecule has 2 aliphatic rings. The number of hydrogen-bond donors (Lipinski definition) is 1. The second-order valence-corrected chi connectivity index (χ2v) is 10.3. The summed E-state index contributed by atoms with van der Waals surface area (Å²) in [6, 6.07) is 9.75. The highest BCUT2D eigenvalue weighted by molar-refractivity contribution is 5.95. The third kappa shape index (κ3) is 6.88. The standard InChI is InChI=1S/C28H31F6N5O/c1-19(18-37-12-14-38(15-13-37)22-6-3-21(4-7-22)27(29,30)31)26(40)39(23-8-10-36-11-9-23)24-5-2-20(17-35)25(16-24)28(32,33)34/h2-7,16,19,23,36H,8-15,18H2,1H3. The lowest BCUT2D eigenvalue weighted by Gasteiger charge is -2.39. The molecule has 2 aliphatic heterocycles. The molecular weight excluding hydrogens is 536 g/mol. The van der Waals surface area contributed by atoms with Crippen molar-refractivity contribution < 1.29 is 31.1 Å². The van der Waals surface area contributed by atoms with Crippen LogP contribution in [0.4, 0.5) is 37.7 Å². The van der Waals surface area contributed by atoms with Crippen molar-refractivity contribution in [1.29, 1.82) is 5.26 Å². The van der Waals surface area contributed by atoms with E-state index >= 15 is 0 Å². The molecule has 2 heterocycles. The molecule has 1 N–H and O–H groups in total. The van der Waals surface area contributed by atoms with E-state index in [9.17, 15) is 36.4 Å². The van der Waals surface area contributed by atoms with Crippen LogP contribution < -0.4 is 15.1 Å². The number of hydrogen-bond acceptors (Lipinski definition) is 5. The number of piperidine rings is 1. The van der Waals surface area contributed by atoms with E-state index in [0.717, 1.165) is 24.3 Å². The Hall–Kier alpha value is -3.30. The van der Waals surface area contributed by atoms with Crippen LogP contribution >= 0.6 is 0 Å². The van der Waals surface area contributed by atoms with E-state index in [-0.39, 0.29) is 17.6 Å². The molecule has 1 amide bonds. The minimum absolute atomic E-state index is 0.127. The summed E-state index contributed by atoms with van der Waals surface area (Å²) in [4.78, 5) is 19.3. The molecule has 1 atom stereocenters. The summed E-state index contributed by atoms with van der Waals surface area (Å²) in [6.45, 7) is 5.72. The number of amides is 1. The molecule has 2 aromatic rings. The predicted molar refractivity (Wildman–Crippen MR) is 139 cm³/mol. The molecule has 216 valence electrons. The molecule has 0 saturated carbocycles. The van der Waals surface area contributed by atoms with Crippen LogP contribution in [0, 0.1) is 17.2 Å². The lowest BCUT2D eigenvalue weighted by atomic mass is 9.98. The van der Waals surface area contributed by atoms with Crippen molar-refractivity contribution in [3.05, 3.63) is 59.2 Å². The second-order valence-electron chi connectivity index (χ2n) is 10.3. The van der Waals surface area contributed by atoms with Crippen molar-refractivity contribution in [2.45, 2.75) is 38.2 Å². The Morgan fingerprint density at radius 1 is 1.00 bits per heavy atom. The van der Waals surface area contributed by atoms with Crippen molar-refractivity contribution >= 4 is 17.3 Å². The molecule has 0 aromatic heterocycles. The number of halogens is 6. The third-order valence-corrected chi connectivity index (χ3v) is 7.50. The van der Waals surface area contributed by atoms with Crippen molar-refractivity contribution in [2.75, 3.05) is 55.6 Å². The number of carbonyl (C=O) groups excluding carboxylic acids is 1. The molecule has 6 nitrogen and oxygen atoms in total. The fourth-order valence-corrected chi connectivity index (χ4v) is 5.35. The average Bonchev–Trinajstić information content (AvgIpc) is 2.93. The van der Waals surface area contributed by atoms with Crippen LogP contribution in [0.1, 0.15) is 36.5 Å². The number of anilines is 2.